The molecule has 0 aliphatic carbocycles. The number of methoxy groups -OCH3 is 2. The van der Waals surface area contributed by atoms with E-state index >= 15 is 0 Å². The van der Waals surface area contributed by atoms with Gasteiger partial charge in [0, 0.05) is 18.5 Å². The Morgan fingerprint density at radius 3 is 2.84 bits per heavy atom. The Hall–Kier alpha value is -2.18. The van der Waals surface area contributed by atoms with Crippen LogP contribution in [0.3, 0.4) is 0 Å². The van der Waals surface area contributed by atoms with Gasteiger partial charge < -0.3 is 14.8 Å². The quantitative estimate of drug-likeness (QED) is 0.627. The molecule has 2 rings (SSSR count). The van der Waals surface area contributed by atoms with E-state index in [1.54, 1.807) is 0 Å². The predicted octanol–water partition coefficient (Wildman–Crippen LogP) is 0.232. The molecule has 1 fully saturated rings. The van der Waals surface area contributed by atoms with Gasteiger partial charge in [0.05, 0.1) is 26.1 Å². The van der Waals surface area contributed by atoms with Crippen molar-refractivity contribution in [1.29, 1.82) is 0 Å². The van der Waals surface area contributed by atoms with E-state index in [1.165, 1.54) is 26.5 Å². The molecule has 6 nitrogen and oxygen atoms in total. The number of carbonyl (C=O) groups is 2. The summed E-state index contributed by atoms with van der Waals surface area (Å²) in [5.41, 5.74) is 0.0505. The van der Waals surface area contributed by atoms with E-state index in [0.29, 0.717) is 0 Å². The van der Waals surface area contributed by atoms with Crippen LogP contribution in [0.15, 0.2) is 12.3 Å². The average Bonchev–Trinajstić information content (AvgIpc) is 2.79. The van der Waals surface area contributed by atoms with Crippen molar-refractivity contribution in [2.75, 3.05) is 20.8 Å². The first kappa shape index (κ1) is 13.3. The summed E-state index contributed by atoms with van der Waals surface area (Å²) < 4.78 is 23.3. The fourth-order valence-corrected chi connectivity index (χ4v) is 2.09. The monoisotopic (exact) mass is 268 g/mol. The van der Waals surface area contributed by atoms with Crippen LogP contribution < -0.4 is 10.1 Å². The summed E-state index contributed by atoms with van der Waals surface area (Å²) in [6.07, 6.45) is 1.34. The van der Waals surface area contributed by atoms with Gasteiger partial charge in [-0.2, -0.15) is 0 Å². The van der Waals surface area contributed by atoms with E-state index < -0.39 is 29.5 Å². The van der Waals surface area contributed by atoms with Crippen molar-refractivity contribution in [3.8, 4) is 5.75 Å². The van der Waals surface area contributed by atoms with E-state index in [2.05, 4.69) is 15.0 Å². The molecule has 19 heavy (non-hydrogen) atoms. The number of halogens is 1. The summed E-state index contributed by atoms with van der Waals surface area (Å²) in [7, 11) is 2.58. The van der Waals surface area contributed by atoms with Crippen LogP contribution in [0.5, 0.6) is 5.75 Å². The number of ether oxygens (including phenoxy) is 2. The minimum Gasteiger partial charge on any atom is -0.495 e. The molecule has 2 heterocycles. The molecule has 102 valence electrons. The molecule has 0 unspecified atom stereocenters. The second-order valence-corrected chi connectivity index (χ2v) is 4.09. The van der Waals surface area contributed by atoms with Crippen LogP contribution in [-0.2, 0) is 14.3 Å². The minimum atomic E-state index is -1.07. The number of hydrogen-bond donors (Lipinski definition) is 1. The Bertz CT molecular complexity index is 520. The lowest BCUT2D eigenvalue weighted by molar-refractivity contribution is -0.149. The molecule has 1 aliphatic rings. The van der Waals surface area contributed by atoms with Crippen molar-refractivity contribution in [2.45, 2.75) is 5.92 Å². The Labute approximate surface area is 108 Å². The van der Waals surface area contributed by atoms with Crippen LogP contribution >= 0.6 is 0 Å². The number of hydrogen-bond acceptors (Lipinski definition) is 5. The van der Waals surface area contributed by atoms with E-state index in [-0.39, 0.29) is 18.0 Å². The number of nitrogens with one attached hydrogen (secondary N) is 1. The molecule has 0 spiro atoms. The largest absolute Gasteiger partial charge is 0.495 e. The summed E-state index contributed by atoms with van der Waals surface area (Å²) >= 11 is 0. The SMILES string of the molecule is COC(=O)[C@@H]1C(=O)NC[C@@H]1c1ncc(OC)cc1F. The molecule has 0 radical (unpaired) electrons. The van der Waals surface area contributed by atoms with E-state index in [4.69, 9.17) is 4.74 Å². The predicted molar refractivity (Wildman–Crippen MR) is 62.0 cm³/mol. The second-order valence-electron chi connectivity index (χ2n) is 4.09. The van der Waals surface area contributed by atoms with Crippen molar-refractivity contribution in [2.24, 2.45) is 5.92 Å². The van der Waals surface area contributed by atoms with Gasteiger partial charge in [-0.1, -0.05) is 0 Å². The van der Waals surface area contributed by atoms with Crippen molar-refractivity contribution >= 4 is 11.9 Å². The maximum absolute atomic E-state index is 13.9. The zero-order chi connectivity index (χ0) is 14.0. The Morgan fingerprint density at radius 2 is 2.26 bits per heavy atom. The highest BCUT2D eigenvalue weighted by atomic mass is 19.1. The highest BCUT2D eigenvalue weighted by Gasteiger charge is 2.43. The first-order valence-corrected chi connectivity index (χ1v) is 5.63. The molecule has 0 bridgehead atoms. The third-order valence-electron chi connectivity index (χ3n) is 3.07. The van der Waals surface area contributed by atoms with E-state index in [1.807, 2.05) is 0 Å². The molecule has 0 aromatic carbocycles. The van der Waals surface area contributed by atoms with Crippen LogP contribution in [0, 0.1) is 11.7 Å². The maximum Gasteiger partial charge on any atom is 0.318 e. The Morgan fingerprint density at radius 1 is 1.53 bits per heavy atom. The number of pyridine rings is 1. The zero-order valence-corrected chi connectivity index (χ0v) is 10.5. The number of esters is 1. The molecule has 1 saturated heterocycles. The number of amides is 1. The summed E-state index contributed by atoms with van der Waals surface area (Å²) in [6.45, 7) is 0.148. The first-order chi connectivity index (χ1) is 9.08. The van der Waals surface area contributed by atoms with Gasteiger partial charge in [-0.25, -0.2) is 4.39 Å². The summed E-state index contributed by atoms with van der Waals surface area (Å²) in [4.78, 5) is 27.1. The topological polar surface area (TPSA) is 77.5 Å². The second kappa shape index (κ2) is 5.21. The van der Waals surface area contributed by atoms with Gasteiger partial charge >= 0.3 is 5.97 Å². The van der Waals surface area contributed by atoms with Gasteiger partial charge in [0.25, 0.3) is 0 Å². The molecule has 7 heteroatoms. The molecule has 0 saturated carbocycles. The van der Waals surface area contributed by atoms with Gasteiger partial charge in [-0.05, 0) is 0 Å². The number of rotatable bonds is 3. The van der Waals surface area contributed by atoms with Gasteiger partial charge in [0.2, 0.25) is 5.91 Å². The Kier molecular flexibility index (Phi) is 3.64. The molecular weight excluding hydrogens is 255 g/mol. The Balaban J connectivity index is 2.35. The lowest BCUT2D eigenvalue weighted by Crippen LogP contribution is -2.28. The van der Waals surface area contributed by atoms with Crippen LogP contribution in [0.2, 0.25) is 0 Å². The summed E-state index contributed by atoms with van der Waals surface area (Å²) in [5.74, 6) is -3.26. The summed E-state index contributed by atoms with van der Waals surface area (Å²) in [5, 5.41) is 2.51. The fraction of sp³-hybridized carbons (Fsp3) is 0.417. The normalized spacial score (nSPS) is 21.9. The highest BCUT2D eigenvalue weighted by Crippen LogP contribution is 2.31. The standard InChI is InChI=1S/C12H13FN2O4/c1-18-6-3-8(13)10(14-4-6)7-5-15-11(16)9(7)12(17)19-2/h3-4,7,9H,5H2,1-2H3,(H,15,16)/t7-,9-/m0/s1. The molecule has 1 aromatic rings. The average molecular weight is 268 g/mol. The number of nitrogens with zero attached hydrogens (tertiary/aromatic N) is 1. The van der Waals surface area contributed by atoms with Crippen molar-refractivity contribution in [3.05, 3.63) is 23.8 Å². The summed E-state index contributed by atoms with van der Waals surface area (Å²) in [6, 6.07) is 1.17. The molecule has 1 N–H and O–H groups in total. The highest BCUT2D eigenvalue weighted by molar-refractivity contribution is 6.00. The third kappa shape index (κ3) is 2.35. The zero-order valence-electron chi connectivity index (χ0n) is 10.5. The molecular formula is C12H13FN2O4. The smallest absolute Gasteiger partial charge is 0.318 e. The van der Waals surface area contributed by atoms with Gasteiger partial charge in [0.15, 0.2) is 0 Å². The lowest BCUT2D eigenvalue weighted by Gasteiger charge is -2.15. The molecule has 1 aromatic heterocycles. The van der Waals surface area contributed by atoms with E-state index in [9.17, 15) is 14.0 Å². The van der Waals surface area contributed by atoms with Crippen molar-refractivity contribution in [3.63, 3.8) is 0 Å². The van der Waals surface area contributed by atoms with Crippen LogP contribution in [0.1, 0.15) is 11.6 Å². The molecule has 1 amide bonds. The maximum atomic E-state index is 13.9. The van der Waals surface area contributed by atoms with Crippen molar-refractivity contribution in [1.82, 2.24) is 10.3 Å². The minimum absolute atomic E-state index is 0.0505. The fourth-order valence-electron chi connectivity index (χ4n) is 2.09. The van der Waals surface area contributed by atoms with Crippen LogP contribution in [0.4, 0.5) is 4.39 Å². The van der Waals surface area contributed by atoms with Crippen LogP contribution in [0.25, 0.3) is 0 Å². The molecule has 2 atom stereocenters. The first-order valence-electron chi connectivity index (χ1n) is 5.63. The van der Waals surface area contributed by atoms with Gasteiger partial charge in [-0.15, -0.1) is 0 Å². The number of aromatic nitrogens is 1. The van der Waals surface area contributed by atoms with Crippen molar-refractivity contribution < 1.29 is 23.5 Å². The van der Waals surface area contributed by atoms with Crippen LogP contribution in [-0.4, -0.2) is 37.6 Å². The third-order valence-corrected chi connectivity index (χ3v) is 3.07. The lowest BCUT2D eigenvalue weighted by atomic mass is 9.91. The van der Waals surface area contributed by atoms with E-state index in [0.717, 1.165) is 0 Å². The van der Waals surface area contributed by atoms with Gasteiger partial charge in [-0.3, -0.25) is 14.6 Å². The number of carbonyl (C=O) groups excluding carboxylic acids is 2. The molecule has 1 aliphatic heterocycles. The van der Waals surface area contributed by atoms with Gasteiger partial charge in [0.1, 0.15) is 17.5 Å².